The first-order valence-electron chi connectivity index (χ1n) is 8.26. The lowest BCUT2D eigenvalue weighted by atomic mass is 9.89. The second-order valence-electron chi connectivity index (χ2n) is 5.57. The van der Waals surface area contributed by atoms with Gasteiger partial charge < -0.3 is 14.6 Å². The van der Waals surface area contributed by atoms with Gasteiger partial charge in [0.2, 0.25) is 23.1 Å². The Kier molecular flexibility index (Phi) is 8.88. The quantitative estimate of drug-likeness (QED) is 0.399. The maximum Gasteiger partial charge on any atom is 0.228 e. The van der Waals surface area contributed by atoms with E-state index in [-0.39, 0.29) is 29.7 Å². The van der Waals surface area contributed by atoms with Crippen LogP contribution in [0.15, 0.2) is 22.7 Å². The summed E-state index contributed by atoms with van der Waals surface area (Å²) in [5.41, 5.74) is 0.946. The number of ketones is 2. The third kappa shape index (κ3) is 5.24. The summed E-state index contributed by atoms with van der Waals surface area (Å²) in [5.74, 6) is 5.60. The Morgan fingerprint density at radius 2 is 1.42 bits per heavy atom. The molecule has 0 radical (unpaired) electrons. The Hall–Kier alpha value is -2.06. The van der Waals surface area contributed by atoms with E-state index in [1.54, 1.807) is 6.92 Å². The lowest BCUT2D eigenvalue weighted by Crippen LogP contribution is -2.25. The third-order valence-corrected chi connectivity index (χ3v) is 3.91. The van der Waals surface area contributed by atoms with Crippen molar-refractivity contribution in [2.75, 3.05) is 20.8 Å². The van der Waals surface area contributed by atoms with Crippen LogP contribution in [0.25, 0.3) is 0 Å². The Morgan fingerprint density at radius 1 is 0.875 bits per heavy atom. The molecule has 1 aliphatic rings. The van der Waals surface area contributed by atoms with Gasteiger partial charge in [-0.1, -0.05) is 0 Å². The summed E-state index contributed by atoms with van der Waals surface area (Å²) in [6.45, 7) is 1.87. The van der Waals surface area contributed by atoms with Crippen molar-refractivity contribution in [1.29, 1.82) is 0 Å². The number of hydrogen-bond donors (Lipinski definition) is 1. The van der Waals surface area contributed by atoms with Crippen molar-refractivity contribution in [3.05, 3.63) is 22.7 Å². The molecule has 0 spiro atoms. The third-order valence-electron chi connectivity index (χ3n) is 3.91. The molecule has 0 aromatic rings. The number of methoxy groups -OCH3 is 2. The number of hydrogen-bond acceptors (Lipinski definition) is 5. The van der Waals surface area contributed by atoms with Gasteiger partial charge in [0, 0.05) is 30.6 Å². The average molecular weight is 334 g/mol. The number of unbranched alkanes of at least 4 members (excludes halogenated alkanes) is 4. The number of allylic oxidation sites excluding steroid dienone is 2. The SMILES string of the molecule is COC1=C(OC)C(=O)C(CCCCC#CCCCCO)=C(C)C1=O. The summed E-state index contributed by atoms with van der Waals surface area (Å²) in [5, 5.41) is 8.67. The molecule has 0 atom stereocenters. The van der Waals surface area contributed by atoms with E-state index in [4.69, 9.17) is 14.6 Å². The molecule has 0 aromatic heterocycles. The van der Waals surface area contributed by atoms with E-state index in [1.807, 2.05) is 0 Å². The molecule has 132 valence electrons. The van der Waals surface area contributed by atoms with Crippen molar-refractivity contribution in [2.24, 2.45) is 0 Å². The van der Waals surface area contributed by atoms with Gasteiger partial charge in [-0.2, -0.15) is 0 Å². The largest absolute Gasteiger partial charge is 0.489 e. The zero-order valence-corrected chi connectivity index (χ0v) is 14.7. The van der Waals surface area contributed by atoms with E-state index in [0.717, 1.165) is 38.5 Å². The number of carbonyl (C=O) groups is 2. The minimum Gasteiger partial charge on any atom is -0.489 e. The molecule has 0 saturated carbocycles. The molecule has 5 heteroatoms. The van der Waals surface area contributed by atoms with Gasteiger partial charge in [-0.25, -0.2) is 0 Å². The fraction of sp³-hybridized carbons (Fsp3) is 0.579. The van der Waals surface area contributed by atoms with Crippen LogP contribution >= 0.6 is 0 Å². The second kappa shape index (κ2) is 10.7. The fourth-order valence-corrected chi connectivity index (χ4v) is 2.51. The zero-order valence-electron chi connectivity index (χ0n) is 14.7. The minimum absolute atomic E-state index is 0.00762. The van der Waals surface area contributed by atoms with E-state index >= 15 is 0 Å². The van der Waals surface area contributed by atoms with E-state index in [2.05, 4.69) is 11.8 Å². The molecule has 0 amide bonds. The van der Waals surface area contributed by atoms with Crippen LogP contribution in [0.3, 0.4) is 0 Å². The molecular weight excluding hydrogens is 308 g/mol. The number of aliphatic hydroxyl groups is 1. The van der Waals surface area contributed by atoms with Gasteiger partial charge in [-0.3, -0.25) is 9.59 Å². The Balaban J connectivity index is 2.52. The fourth-order valence-electron chi connectivity index (χ4n) is 2.51. The summed E-state index contributed by atoms with van der Waals surface area (Å²) in [6, 6.07) is 0. The minimum atomic E-state index is -0.285. The smallest absolute Gasteiger partial charge is 0.228 e. The second-order valence-corrected chi connectivity index (χ2v) is 5.57. The summed E-state index contributed by atoms with van der Waals surface area (Å²) in [6.07, 6.45) is 5.47. The molecule has 0 aliphatic heterocycles. The Bertz CT molecular complexity index is 587. The average Bonchev–Trinajstić information content (AvgIpc) is 2.58. The van der Waals surface area contributed by atoms with Gasteiger partial charge in [-0.05, 0) is 39.0 Å². The monoisotopic (exact) mass is 334 g/mol. The van der Waals surface area contributed by atoms with Crippen molar-refractivity contribution in [1.82, 2.24) is 0 Å². The summed E-state index contributed by atoms with van der Waals surface area (Å²) >= 11 is 0. The number of rotatable bonds is 9. The topological polar surface area (TPSA) is 72.8 Å². The zero-order chi connectivity index (χ0) is 17.9. The first kappa shape index (κ1) is 20.0. The highest BCUT2D eigenvalue weighted by Crippen LogP contribution is 2.28. The van der Waals surface area contributed by atoms with Crippen LogP contribution in [0.4, 0.5) is 0 Å². The summed E-state index contributed by atoms with van der Waals surface area (Å²) < 4.78 is 10.1. The van der Waals surface area contributed by atoms with Crippen molar-refractivity contribution >= 4 is 11.6 Å². The van der Waals surface area contributed by atoms with Crippen LogP contribution < -0.4 is 0 Å². The van der Waals surface area contributed by atoms with Crippen LogP contribution in [0.5, 0.6) is 0 Å². The maximum absolute atomic E-state index is 12.4. The first-order chi connectivity index (χ1) is 11.6. The first-order valence-corrected chi connectivity index (χ1v) is 8.26. The number of Topliss-reactive ketones (excluding diaryl/α,β-unsaturated/α-hetero) is 2. The molecule has 1 rings (SSSR count). The number of ether oxygens (including phenoxy) is 2. The molecule has 1 N–H and O–H groups in total. The molecule has 0 fully saturated rings. The number of aliphatic hydroxyl groups excluding tert-OH is 1. The molecule has 0 bridgehead atoms. The van der Waals surface area contributed by atoms with Crippen molar-refractivity contribution < 1.29 is 24.2 Å². The molecule has 0 aromatic carbocycles. The summed E-state index contributed by atoms with van der Waals surface area (Å²) in [4.78, 5) is 24.7. The van der Waals surface area contributed by atoms with Gasteiger partial charge in [0.1, 0.15) is 0 Å². The molecule has 0 saturated heterocycles. The lowest BCUT2D eigenvalue weighted by Gasteiger charge is -2.20. The van der Waals surface area contributed by atoms with E-state index in [9.17, 15) is 9.59 Å². The van der Waals surface area contributed by atoms with E-state index < -0.39 is 0 Å². The highest BCUT2D eigenvalue weighted by Gasteiger charge is 2.34. The predicted molar refractivity (Wildman–Crippen MR) is 90.9 cm³/mol. The molecule has 5 nitrogen and oxygen atoms in total. The van der Waals surface area contributed by atoms with Crippen LogP contribution in [0, 0.1) is 11.8 Å². The van der Waals surface area contributed by atoms with Crippen molar-refractivity contribution in [3.8, 4) is 11.8 Å². The molecular formula is C19H26O5. The van der Waals surface area contributed by atoms with E-state index in [0.29, 0.717) is 17.6 Å². The Morgan fingerprint density at radius 3 is 1.96 bits per heavy atom. The molecule has 0 heterocycles. The van der Waals surface area contributed by atoms with Crippen LogP contribution in [-0.2, 0) is 19.1 Å². The normalized spacial score (nSPS) is 14.7. The highest BCUT2D eigenvalue weighted by molar-refractivity contribution is 6.23. The van der Waals surface area contributed by atoms with Crippen LogP contribution in [0.2, 0.25) is 0 Å². The molecule has 1 aliphatic carbocycles. The van der Waals surface area contributed by atoms with Crippen molar-refractivity contribution in [3.63, 3.8) is 0 Å². The van der Waals surface area contributed by atoms with Gasteiger partial charge >= 0.3 is 0 Å². The van der Waals surface area contributed by atoms with Crippen molar-refractivity contribution in [2.45, 2.75) is 51.9 Å². The maximum atomic E-state index is 12.4. The van der Waals surface area contributed by atoms with Crippen LogP contribution in [-0.4, -0.2) is 37.5 Å². The van der Waals surface area contributed by atoms with E-state index in [1.165, 1.54) is 14.2 Å². The molecule has 24 heavy (non-hydrogen) atoms. The predicted octanol–water partition coefficient (Wildman–Crippen LogP) is 2.69. The Labute approximate surface area is 143 Å². The lowest BCUT2D eigenvalue weighted by molar-refractivity contribution is -0.121. The van der Waals surface area contributed by atoms with Crippen LogP contribution in [0.1, 0.15) is 51.9 Å². The number of carbonyl (C=O) groups excluding carboxylic acids is 2. The van der Waals surface area contributed by atoms with Gasteiger partial charge in [-0.15, -0.1) is 11.8 Å². The standard InChI is InChI=1S/C19H26O5/c1-14-15(12-10-8-6-4-5-7-9-11-13-20)17(22)19(24-3)18(23-2)16(14)21/h20H,6-13H2,1-3H3. The van der Waals surface area contributed by atoms with Gasteiger partial charge in [0.15, 0.2) is 0 Å². The van der Waals surface area contributed by atoms with Gasteiger partial charge in [0.25, 0.3) is 0 Å². The van der Waals surface area contributed by atoms with Gasteiger partial charge in [0.05, 0.1) is 14.2 Å². The summed E-state index contributed by atoms with van der Waals surface area (Å²) in [7, 11) is 2.72. The molecule has 0 unspecified atom stereocenters. The highest BCUT2D eigenvalue weighted by atomic mass is 16.5.